The van der Waals surface area contributed by atoms with Gasteiger partial charge in [0.25, 0.3) is 5.91 Å². The first-order valence-electron chi connectivity index (χ1n) is 10.2. The number of hydrogen-bond donors (Lipinski definition) is 2. The Hall–Kier alpha value is -3.51. The van der Waals surface area contributed by atoms with Crippen LogP contribution in [0.4, 0.5) is 0 Å². The summed E-state index contributed by atoms with van der Waals surface area (Å²) in [4.78, 5) is 20.5. The maximum atomic E-state index is 13.9. The van der Waals surface area contributed by atoms with Gasteiger partial charge in [0.05, 0.1) is 10.6 Å². The molecule has 154 valence electrons. The number of nitrogens with zero attached hydrogens (tertiary/aromatic N) is 2. The highest BCUT2D eigenvalue weighted by Crippen LogP contribution is 2.42. The van der Waals surface area contributed by atoms with E-state index in [9.17, 15) is 4.79 Å². The second kappa shape index (κ2) is 8.32. The Morgan fingerprint density at radius 2 is 1.45 bits per heavy atom. The summed E-state index contributed by atoms with van der Waals surface area (Å²) >= 11 is 1.33. The summed E-state index contributed by atoms with van der Waals surface area (Å²) < 4.78 is 0. The number of rotatable bonds is 4. The van der Waals surface area contributed by atoms with E-state index in [2.05, 4.69) is 10.3 Å². The number of amidine groups is 1. The highest BCUT2D eigenvalue weighted by atomic mass is 32.2. The summed E-state index contributed by atoms with van der Waals surface area (Å²) in [7, 11) is 0. The molecular weight excluding hydrogens is 404 g/mol. The van der Waals surface area contributed by atoms with Gasteiger partial charge in [0, 0.05) is 6.54 Å². The van der Waals surface area contributed by atoms with Crippen LogP contribution in [0.5, 0.6) is 0 Å². The minimum Gasteiger partial charge on any atom is -0.378 e. The van der Waals surface area contributed by atoms with Crippen LogP contribution in [0, 0.1) is 0 Å². The minimum atomic E-state index is -0.424. The molecule has 31 heavy (non-hydrogen) atoms. The van der Waals surface area contributed by atoms with Crippen molar-refractivity contribution < 1.29 is 4.79 Å². The van der Waals surface area contributed by atoms with E-state index in [0.717, 1.165) is 21.7 Å². The Kier molecular flexibility index (Phi) is 5.22. The molecule has 0 radical (unpaired) electrons. The van der Waals surface area contributed by atoms with E-state index in [1.165, 1.54) is 11.8 Å². The summed E-state index contributed by atoms with van der Waals surface area (Å²) in [5, 5.41) is 4.83. The zero-order valence-electron chi connectivity index (χ0n) is 16.8. The molecule has 5 rings (SSSR count). The lowest BCUT2D eigenvalue weighted by molar-refractivity contribution is -0.132. The van der Waals surface area contributed by atoms with Crippen LogP contribution in [0.3, 0.4) is 0 Å². The third kappa shape index (κ3) is 3.82. The largest absolute Gasteiger partial charge is 0.378 e. The number of carbonyl (C=O) groups is 1. The topological polar surface area (TPSA) is 70.7 Å². The second-order valence-corrected chi connectivity index (χ2v) is 8.53. The van der Waals surface area contributed by atoms with Gasteiger partial charge in [-0.2, -0.15) is 0 Å². The fourth-order valence-corrected chi connectivity index (χ4v) is 4.86. The third-order valence-corrected chi connectivity index (χ3v) is 6.33. The number of amides is 1. The van der Waals surface area contributed by atoms with E-state index in [1.54, 1.807) is 0 Å². The predicted molar refractivity (Wildman–Crippen MR) is 125 cm³/mol. The lowest BCUT2D eigenvalue weighted by Gasteiger charge is -2.41. The van der Waals surface area contributed by atoms with Crippen LogP contribution in [-0.2, 0) is 11.3 Å². The smallest absolute Gasteiger partial charge is 0.257 e. The van der Waals surface area contributed by atoms with Crippen molar-refractivity contribution in [1.82, 2.24) is 10.2 Å². The van der Waals surface area contributed by atoms with E-state index in [4.69, 9.17) is 5.73 Å². The van der Waals surface area contributed by atoms with E-state index in [0.29, 0.717) is 17.3 Å². The van der Waals surface area contributed by atoms with Crippen LogP contribution in [0.2, 0.25) is 0 Å². The van der Waals surface area contributed by atoms with Gasteiger partial charge in [-0.3, -0.25) is 4.79 Å². The lowest BCUT2D eigenvalue weighted by Crippen LogP contribution is -2.48. The van der Waals surface area contributed by atoms with Crippen LogP contribution < -0.4 is 11.1 Å². The molecule has 0 fully saturated rings. The van der Waals surface area contributed by atoms with Gasteiger partial charge < -0.3 is 16.0 Å². The first-order valence-corrected chi connectivity index (χ1v) is 11.0. The Bertz CT molecular complexity index is 1150. The molecule has 2 aliphatic rings. The molecule has 3 aromatic carbocycles. The summed E-state index contributed by atoms with van der Waals surface area (Å²) in [6.07, 6.45) is -0.289. The Morgan fingerprint density at radius 1 is 0.871 bits per heavy atom. The van der Waals surface area contributed by atoms with Crippen LogP contribution in [0.1, 0.15) is 28.9 Å². The van der Waals surface area contributed by atoms with E-state index in [-0.39, 0.29) is 12.1 Å². The van der Waals surface area contributed by atoms with Gasteiger partial charge in [-0.15, -0.1) is 0 Å². The van der Waals surface area contributed by atoms with Gasteiger partial charge in [0.2, 0.25) is 0 Å². The van der Waals surface area contributed by atoms with Gasteiger partial charge in [-0.05, 0) is 28.5 Å². The summed E-state index contributed by atoms with van der Waals surface area (Å²) in [6.45, 7) is 0.494. The normalized spacial score (nSPS) is 20.7. The molecule has 0 aliphatic carbocycles. The Morgan fingerprint density at radius 3 is 2.10 bits per heavy atom. The van der Waals surface area contributed by atoms with E-state index in [1.807, 2.05) is 95.9 Å². The van der Waals surface area contributed by atoms with Gasteiger partial charge in [0.15, 0.2) is 5.17 Å². The van der Waals surface area contributed by atoms with Crippen molar-refractivity contribution in [1.29, 1.82) is 0 Å². The minimum absolute atomic E-state index is 0.0240. The maximum absolute atomic E-state index is 13.9. The number of nitrogens with two attached hydrogens (primary N) is 1. The third-order valence-electron chi connectivity index (χ3n) is 5.48. The Balaban J connectivity index is 1.59. The molecule has 0 unspecified atom stereocenters. The van der Waals surface area contributed by atoms with Crippen molar-refractivity contribution in [3.63, 3.8) is 0 Å². The summed E-state index contributed by atoms with van der Waals surface area (Å²) in [5.74, 6) is -0.0240. The number of hydrogen-bond acceptors (Lipinski definition) is 5. The fourth-order valence-electron chi connectivity index (χ4n) is 4.02. The molecule has 1 amide bonds. The highest BCUT2D eigenvalue weighted by molar-refractivity contribution is 8.17. The molecule has 0 aromatic heterocycles. The molecule has 0 bridgehead atoms. The molecule has 0 saturated heterocycles. The van der Waals surface area contributed by atoms with E-state index >= 15 is 0 Å². The van der Waals surface area contributed by atoms with E-state index < -0.39 is 6.04 Å². The van der Waals surface area contributed by atoms with Crippen LogP contribution in [0.25, 0.3) is 0 Å². The van der Waals surface area contributed by atoms with Crippen molar-refractivity contribution in [3.05, 3.63) is 118 Å². The van der Waals surface area contributed by atoms with Crippen molar-refractivity contribution in [3.8, 4) is 0 Å². The average molecular weight is 427 g/mol. The van der Waals surface area contributed by atoms with Crippen LogP contribution >= 0.6 is 11.8 Å². The molecule has 3 aromatic rings. The zero-order valence-corrected chi connectivity index (χ0v) is 17.6. The monoisotopic (exact) mass is 426 g/mol. The summed E-state index contributed by atoms with van der Waals surface area (Å²) in [6, 6.07) is 29.5. The molecule has 0 saturated carbocycles. The summed E-state index contributed by atoms with van der Waals surface area (Å²) in [5.41, 5.74) is 9.87. The predicted octanol–water partition coefficient (Wildman–Crippen LogP) is 4.33. The number of nitrogens with one attached hydrogen (secondary N) is 1. The van der Waals surface area contributed by atoms with Crippen molar-refractivity contribution in [2.75, 3.05) is 0 Å². The molecule has 2 aliphatic heterocycles. The Labute approximate surface area is 185 Å². The van der Waals surface area contributed by atoms with Crippen LogP contribution in [-0.4, -0.2) is 16.0 Å². The number of carbonyl (C=O) groups excluding carboxylic acids is 1. The molecule has 2 heterocycles. The molecular formula is C25H22N4OS. The first-order chi connectivity index (χ1) is 15.2. The van der Waals surface area contributed by atoms with Crippen molar-refractivity contribution >= 4 is 22.8 Å². The van der Waals surface area contributed by atoms with Crippen molar-refractivity contribution in [2.45, 2.75) is 18.8 Å². The standard InChI is InChI=1S/C25H22N4OS/c26-25-27-21(18-12-6-2-7-13-18)20-23(31-25)28-22(19-14-8-3-9-15-19)29(24(20)30)16-17-10-4-1-5-11-17/h1-15,21-22,28H,16H2,(H2,26,27)/t21-,22+/m1/s1. The van der Waals surface area contributed by atoms with Gasteiger partial charge >= 0.3 is 0 Å². The molecule has 5 nitrogen and oxygen atoms in total. The number of aliphatic imine (C=N–C) groups is 1. The molecule has 0 spiro atoms. The second-order valence-electron chi connectivity index (χ2n) is 7.50. The number of thioether (sulfide) groups is 1. The van der Waals surface area contributed by atoms with Gasteiger partial charge in [0.1, 0.15) is 12.2 Å². The average Bonchev–Trinajstić information content (AvgIpc) is 2.82. The van der Waals surface area contributed by atoms with Crippen molar-refractivity contribution in [2.24, 2.45) is 10.7 Å². The maximum Gasteiger partial charge on any atom is 0.257 e. The van der Waals surface area contributed by atoms with Crippen LogP contribution in [0.15, 0.2) is 107 Å². The van der Waals surface area contributed by atoms with Gasteiger partial charge in [-0.1, -0.05) is 91.0 Å². The first kappa shape index (κ1) is 19.5. The SMILES string of the molecule is NC1=N[C@H](c2ccccc2)C2=C(N[C@H](c3ccccc3)N(Cc3ccccc3)C2=O)S1. The molecule has 6 heteroatoms. The fraction of sp³-hybridized carbons (Fsp3) is 0.120. The van der Waals surface area contributed by atoms with Gasteiger partial charge in [-0.25, -0.2) is 4.99 Å². The quantitative estimate of drug-likeness (QED) is 0.651. The molecule has 2 atom stereocenters. The molecule has 3 N–H and O–H groups in total. The number of benzene rings is 3. The highest BCUT2D eigenvalue weighted by Gasteiger charge is 2.41. The zero-order chi connectivity index (χ0) is 21.2. The lowest BCUT2D eigenvalue weighted by atomic mass is 9.96.